The Balaban J connectivity index is 1.22. The van der Waals surface area contributed by atoms with Crippen LogP contribution < -0.4 is 4.74 Å². The van der Waals surface area contributed by atoms with Crippen LogP contribution in [0.3, 0.4) is 0 Å². The van der Waals surface area contributed by atoms with E-state index in [1.165, 1.54) is 12.0 Å². The first-order valence-electron chi connectivity index (χ1n) is 11.2. The van der Waals surface area contributed by atoms with Crippen molar-refractivity contribution in [3.8, 4) is 5.75 Å². The molecule has 1 aliphatic heterocycles. The number of ether oxygens (including phenoxy) is 1. The molecule has 2 atom stereocenters. The lowest BCUT2D eigenvalue weighted by atomic mass is 9.63. The van der Waals surface area contributed by atoms with E-state index in [0.717, 1.165) is 49.5 Å². The smallest absolute Gasteiger partial charge is 0.130 e. The van der Waals surface area contributed by atoms with Crippen LogP contribution in [-0.4, -0.2) is 33.1 Å². The van der Waals surface area contributed by atoms with Crippen LogP contribution in [0.1, 0.15) is 36.1 Å². The third kappa shape index (κ3) is 4.21. The molecule has 0 unspecified atom stereocenters. The van der Waals surface area contributed by atoms with Gasteiger partial charge in [-0.2, -0.15) is 0 Å². The van der Waals surface area contributed by atoms with E-state index in [2.05, 4.69) is 27.0 Å². The molecule has 1 aliphatic carbocycles. The minimum atomic E-state index is -0.744. The van der Waals surface area contributed by atoms with Gasteiger partial charge in [0.1, 0.15) is 12.4 Å². The first-order chi connectivity index (χ1) is 15.2. The summed E-state index contributed by atoms with van der Waals surface area (Å²) < 4.78 is 5.86. The molecule has 1 aromatic carbocycles. The number of nitrogens with zero attached hydrogens (tertiary/aromatic N) is 3. The van der Waals surface area contributed by atoms with Gasteiger partial charge in [-0.25, -0.2) is 0 Å². The molecule has 0 spiro atoms. The lowest BCUT2D eigenvalue weighted by Crippen LogP contribution is -2.57. The highest BCUT2D eigenvalue weighted by atomic mass is 16.5. The van der Waals surface area contributed by atoms with E-state index in [9.17, 15) is 5.11 Å². The van der Waals surface area contributed by atoms with Crippen molar-refractivity contribution in [2.45, 2.75) is 38.0 Å². The normalized spacial score (nSPS) is 25.8. The number of hydrogen-bond donors (Lipinski definition) is 1. The number of benzene rings is 1. The van der Waals surface area contributed by atoms with Gasteiger partial charge in [-0.1, -0.05) is 30.7 Å². The second-order valence-corrected chi connectivity index (χ2v) is 8.84. The summed E-state index contributed by atoms with van der Waals surface area (Å²) in [6.07, 6.45) is 8.75. The van der Waals surface area contributed by atoms with Crippen molar-refractivity contribution in [2.75, 3.05) is 13.1 Å². The van der Waals surface area contributed by atoms with Crippen LogP contribution in [0.4, 0.5) is 0 Å². The average Bonchev–Trinajstić information content (AvgIpc) is 2.81. The second kappa shape index (κ2) is 8.77. The van der Waals surface area contributed by atoms with E-state index in [1.54, 1.807) is 12.4 Å². The summed E-state index contributed by atoms with van der Waals surface area (Å²) in [5.74, 6) is 1.37. The topological polar surface area (TPSA) is 58.5 Å². The summed E-state index contributed by atoms with van der Waals surface area (Å²) in [7, 11) is 0. The van der Waals surface area contributed by atoms with Gasteiger partial charge in [-0.3, -0.25) is 14.9 Å². The summed E-state index contributed by atoms with van der Waals surface area (Å²) in [5, 5.41) is 11.7. The van der Waals surface area contributed by atoms with Crippen molar-refractivity contribution in [3.05, 3.63) is 90.0 Å². The van der Waals surface area contributed by atoms with Crippen molar-refractivity contribution in [1.29, 1.82) is 0 Å². The zero-order valence-corrected chi connectivity index (χ0v) is 17.7. The zero-order valence-electron chi connectivity index (χ0n) is 17.7. The first kappa shape index (κ1) is 20.2. The van der Waals surface area contributed by atoms with E-state index in [-0.39, 0.29) is 11.8 Å². The third-order valence-corrected chi connectivity index (χ3v) is 6.87. The molecule has 2 aromatic heterocycles. The molecule has 160 valence electrons. The Labute approximate surface area is 183 Å². The second-order valence-electron chi connectivity index (χ2n) is 8.84. The number of fused-ring (bicyclic) bond motifs is 2. The van der Waals surface area contributed by atoms with Gasteiger partial charge in [0.2, 0.25) is 0 Å². The minimum absolute atomic E-state index is 0.255. The summed E-state index contributed by atoms with van der Waals surface area (Å²) in [6.45, 7) is 3.21. The van der Waals surface area contributed by atoms with Crippen molar-refractivity contribution >= 4 is 0 Å². The zero-order chi connectivity index (χ0) is 21.1. The minimum Gasteiger partial charge on any atom is -0.487 e. The fourth-order valence-electron chi connectivity index (χ4n) is 5.33. The molecule has 5 nitrogen and oxygen atoms in total. The quantitative estimate of drug-likeness (QED) is 0.655. The molecule has 3 aromatic rings. The summed E-state index contributed by atoms with van der Waals surface area (Å²) in [4.78, 5) is 11.1. The van der Waals surface area contributed by atoms with Gasteiger partial charge >= 0.3 is 0 Å². The van der Waals surface area contributed by atoms with Crippen molar-refractivity contribution < 1.29 is 9.84 Å². The van der Waals surface area contributed by atoms with Gasteiger partial charge in [0.15, 0.2) is 0 Å². The number of piperidine rings is 1. The van der Waals surface area contributed by atoms with Crippen LogP contribution in [0.25, 0.3) is 0 Å². The van der Waals surface area contributed by atoms with Crippen LogP contribution in [0, 0.1) is 11.8 Å². The molecule has 0 amide bonds. The maximum atomic E-state index is 11.7. The lowest BCUT2D eigenvalue weighted by Gasteiger charge is -2.53. The van der Waals surface area contributed by atoms with E-state index in [0.29, 0.717) is 6.61 Å². The third-order valence-electron chi connectivity index (χ3n) is 6.87. The fourth-order valence-corrected chi connectivity index (χ4v) is 5.33. The molecule has 1 saturated heterocycles. The Hall–Kier alpha value is -2.76. The molecule has 2 fully saturated rings. The van der Waals surface area contributed by atoms with Gasteiger partial charge < -0.3 is 9.84 Å². The Morgan fingerprint density at radius 2 is 1.77 bits per heavy atom. The number of pyridine rings is 2. The number of rotatable bonds is 6. The summed E-state index contributed by atoms with van der Waals surface area (Å²) in [5.41, 5.74) is 2.44. The van der Waals surface area contributed by atoms with Crippen LogP contribution in [0.5, 0.6) is 5.75 Å². The van der Waals surface area contributed by atoms with E-state index in [1.807, 2.05) is 48.7 Å². The summed E-state index contributed by atoms with van der Waals surface area (Å²) in [6, 6.07) is 18.2. The van der Waals surface area contributed by atoms with Gasteiger partial charge in [0.25, 0.3) is 0 Å². The predicted octanol–water partition coefficient (Wildman–Crippen LogP) is 4.18. The standard InChI is InChI=1S/C26H29N3O2/c30-26(21-7-4-13-27-15-21)22-5-3-6-23(26)18-29(17-22)16-20-9-11-25(12-10-20)31-19-24-8-1-2-14-28-24/h1-2,4,7-15,22-23,30H,3,5-6,16-19H2/t22-,23-/m1/s1. The van der Waals surface area contributed by atoms with Crippen molar-refractivity contribution in [3.63, 3.8) is 0 Å². The van der Waals surface area contributed by atoms with Gasteiger partial charge in [-0.05, 0) is 48.7 Å². The largest absolute Gasteiger partial charge is 0.487 e. The molecule has 0 radical (unpaired) electrons. The SMILES string of the molecule is OC1(c2cccnc2)[C@@H]2CCC[C@@H]1CN(Cc1ccc(OCc3ccccn3)cc1)C2. The molecule has 1 saturated carbocycles. The fraction of sp³-hybridized carbons (Fsp3) is 0.385. The highest BCUT2D eigenvalue weighted by Gasteiger charge is 2.51. The highest BCUT2D eigenvalue weighted by molar-refractivity contribution is 5.28. The molecule has 3 heterocycles. The van der Waals surface area contributed by atoms with Gasteiger partial charge in [-0.15, -0.1) is 0 Å². The Bertz CT molecular complexity index is 965. The maximum absolute atomic E-state index is 11.7. The van der Waals surface area contributed by atoms with Crippen LogP contribution >= 0.6 is 0 Å². The maximum Gasteiger partial charge on any atom is 0.130 e. The molecular formula is C26H29N3O2. The van der Waals surface area contributed by atoms with Crippen molar-refractivity contribution in [2.24, 2.45) is 11.8 Å². The summed E-state index contributed by atoms with van der Waals surface area (Å²) >= 11 is 0. The van der Waals surface area contributed by atoms with Crippen LogP contribution in [0.2, 0.25) is 0 Å². The Morgan fingerprint density at radius 1 is 0.968 bits per heavy atom. The van der Waals surface area contributed by atoms with Crippen molar-refractivity contribution in [1.82, 2.24) is 14.9 Å². The molecule has 2 aliphatic rings. The van der Waals surface area contributed by atoms with E-state index < -0.39 is 5.60 Å². The van der Waals surface area contributed by atoms with Crippen LogP contribution in [0.15, 0.2) is 73.2 Å². The number of aromatic nitrogens is 2. The Morgan fingerprint density at radius 3 is 2.45 bits per heavy atom. The molecule has 5 heteroatoms. The highest BCUT2D eigenvalue weighted by Crippen LogP contribution is 2.49. The lowest BCUT2D eigenvalue weighted by molar-refractivity contribution is -0.148. The van der Waals surface area contributed by atoms with E-state index in [4.69, 9.17) is 4.74 Å². The molecule has 2 bridgehead atoms. The van der Waals surface area contributed by atoms with E-state index >= 15 is 0 Å². The average molecular weight is 416 g/mol. The monoisotopic (exact) mass is 415 g/mol. The molecular weight excluding hydrogens is 386 g/mol. The van der Waals surface area contributed by atoms with Gasteiger partial charge in [0.05, 0.1) is 11.3 Å². The predicted molar refractivity (Wildman–Crippen MR) is 119 cm³/mol. The number of hydrogen-bond acceptors (Lipinski definition) is 5. The number of aliphatic hydroxyl groups is 1. The Kier molecular flexibility index (Phi) is 5.70. The van der Waals surface area contributed by atoms with Crippen LogP contribution in [-0.2, 0) is 18.8 Å². The molecule has 31 heavy (non-hydrogen) atoms. The molecule has 1 N–H and O–H groups in total. The number of likely N-dealkylation sites (tertiary alicyclic amines) is 1. The first-order valence-corrected chi connectivity index (χ1v) is 11.2. The molecule has 5 rings (SSSR count). The van der Waals surface area contributed by atoms with Gasteiger partial charge in [0, 0.05) is 55.6 Å².